The summed E-state index contributed by atoms with van der Waals surface area (Å²) in [5, 5.41) is 14.9. The van der Waals surface area contributed by atoms with E-state index in [0.29, 0.717) is 19.2 Å². The molecule has 1 saturated carbocycles. The maximum Gasteiger partial charge on any atom is 0.119 e. The van der Waals surface area contributed by atoms with E-state index in [1.165, 1.54) is 43.2 Å². The first-order valence-electron chi connectivity index (χ1n) is 11.2. The lowest BCUT2D eigenvalue weighted by Crippen LogP contribution is -2.40. The minimum Gasteiger partial charge on any atom is -0.491 e. The van der Waals surface area contributed by atoms with Gasteiger partial charge in [-0.2, -0.15) is 5.10 Å². The lowest BCUT2D eigenvalue weighted by molar-refractivity contribution is 0.0561. The first kappa shape index (κ1) is 22.8. The molecule has 1 N–H and O–H groups in total. The van der Waals surface area contributed by atoms with Crippen LogP contribution in [0.5, 0.6) is 5.75 Å². The third-order valence-electron chi connectivity index (χ3n) is 6.05. The molecule has 0 spiro atoms. The summed E-state index contributed by atoms with van der Waals surface area (Å²) in [4.78, 5) is 4.58. The van der Waals surface area contributed by atoms with E-state index >= 15 is 0 Å². The maximum absolute atomic E-state index is 10.4. The van der Waals surface area contributed by atoms with E-state index in [1.54, 1.807) is 0 Å². The molecule has 166 valence electrons. The summed E-state index contributed by atoms with van der Waals surface area (Å²) >= 11 is 0. The third-order valence-corrected chi connectivity index (χ3v) is 6.05. The second kappa shape index (κ2) is 10.9. The first-order chi connectivity index (χ1) is 14.4. The zero-order valence-electron chi connectivity index (χ0n) is 19.0. The molecule has 30 heavy (non-hydrogen) atoms. The van der Waals surface area contributed by atoms with Crippen molar-refractivity contribution in [2.45, 2.75) is 64.3 Å². The Bertz CT molecular complexity index is 785. The van der Waals surface area contributed by atoms with Crippen molar-refractivity contribution in [1.82, 2.24) is 19.6 Å². The fourth-order valence-electron chi connectivity index (χ4n) is 4.44. The van der Waals surface area contributed by atoms with Crippen molar-refractivity contribution >= 4 is 0 Å². The summed E-state index contributed by atoms with van der Waals surface area (Å²) in [7, 11) is 6.20. The van der Waals surface area contributed by atoms with Gasteiger partial charge in [0.1, 0.15) is 18.5 Å². The normalized spacial score (nSPS) is 16.4. The molecule has 6 heteroatoms. The number of hydrogen-bond acceptors (Lipinski definition) is 5. The molecule has 0 aliphatic heterocycles. The molecule has 0 unspecified atom stereocenters. The van der Waals surface area contributed by atoms with Gasteiger partial charge in [0.25, 0.3) is 0 Å². The van der Waals surface area contributed by atoms with E-state index in [-0.39, 0.29) is 0 Å². The Morgan fingerprint density at radius 3 is 2.67 bits per heavy atom. The van der Waals surface area contributed by atoms with Crippen LogP contribution in [0.2, 0.25) is 0 Å². The highest BCUT2D eigenvalue weighted by Gasteiger charge is 2.20. The first-order valence-corrected chi connectivity index (χ1v) is 11.2. The molecular weight excluding hydrogens is 376 g/mol. The van der Waals surface area contributed by atoms with Crippen LogP contribution in [0.25, 0.3) is 0 Å². The lowest BCUT2D eigenvalue weighted by Gasteiger charge is -2.32. The molecule has 1 fully saturated rings. The van der Waals surface area contributed by atoms with Gasteiger partial charge in [-0.25, -0.2) is 0 Å². The van der Waals surface area contributed by atoms with Crippen LogP contribution in [0.15, 0.2) is 30.5 Å². The predicted octanol–water partition coefficient (Wildman–Crippen LogP) is 3.36. The van der Waals surface area contributed by atoms with Gasteiger partial charge < -0.3 is 14.7 Å². The van der Waals surface area contributed by atoms with Crippen LogP contribution >= 0.6 is 0 Å². The highest BCUT2D eigenvalue weighted by molar-refractivity contribution is 5.28. The number of benzene rings is 1. The Kier molecular flexibility index (Phi) is 8.31. The van der Waals surface area contributed by atoms with Crippen LogP contribution in [-0.2, 0) is 20.1 Å². The number of likely N-dealkylation sites (N-methyl/N-ethyl adjacent to an activating group) is 1. The van der Waals surface area contributed by atoms with Gasteiger partial charge in [0.2, 0.25) is 0 Å². The van der Waals surface area contributed by atoms with Crippen LogP contribution < -0.4 is 4.74 Å². The third kappa shape index (κ3) is 6.83. The summed E-state index contributed by atoms with van der Waals surface area (Å²) in [6.45, 7) is 4.73. The number of aliphatic hydroxyl groups is 1. The minimum absolute atomic E-state index is 0.325. The van der Waals surface area contributed by atoms with Crippen molar-refractivity contribution in [3.8, 4) is 5.75 Å². The van der Waals surface area contributed by atoms with Crippen molar-refractivity contribution in [1.29, 1.82) is 0 Å². The van der Waals surface area contributed by atoms with E-state index in [4.69, 9.17) is 4.74 Å². The van der Waals surface area contributed by atoms with Crippen LogP contribution in [0.1, 0.15) is 48.9 Å². The zero-order chi connectivity index (χ0) is 21.5. The van der Waals surface area contributed by atoms with E-state index in [1.807, 2.05) is 23.9 Å². The molecule has 1 aromatic heterocycles. The summed E-state index contributed by atoms with van der Waals surface area (Å²) in [5.74, 6) is 0.817. The number of rotatable bonds is 10. The van der Waals surface area contributed by atoms with Gasteiger partial charge in [-0.1, -0.05) is 31.4 Å². The molecule has 1 atom stereocenters. The average Bonchev–Trinajstić information content (AvgIpc) is 3.03. The number of aryl methyl sites for hydroxylation is 2. The molecule has 2 aromatic rings. The molecule has 0 radical (unpaired) electrons. The molecule has 1 aliphatic rings. The van der Waals surface area contributed by atoms with Gasteiger partial charge in [0, 0.05) is 44.5 Å². The summed E-state index contributed by atoms with van der Waals surface area (Å²) in [6, 6.07) is 8.79. The largest absolute Gasteiger partial charge is 0.491 e. The van der Waals surface area contributed by atoms with Gasteiger partial charge in [-0.3, -0.25) is 9.58 Å². The van der Waals surface area contributed by atoms with Crippen molar-refractivity contribution in [3.63, 3.8) is 0 Å². The van der Waals surface area contributed by atoms with E-state index in [2.05, 4.69) is 54.2 Å². The Morgan fingerprint density at radius 1 is 1.20 bits per heavy atom. The number of aromatic nitrogens is 2. The Morgan fingerprint density at radius 2 is 1.97 bits per heavy atom. The minimum atomic E-state index is -0.475. The molecule has 3 rings (SSSR count). The van der Waals surface area contributed by atoms with Crippen LogP contribution in [0.3, 0.4) is 0 Å². The van der Waals surface area contributed by atoms with Crippen molar-refractivity contribution in [2.24, 2.45) is 7.05 Å². The lowest BCUT2D eigenvalue weighted by atomic mass is 9.94. The molecule has 0 saturated heterocycles. The van der Waals surface area contributed by atoms with Gasteiger partial charge in [-0.15, -0.1) is 0 Å². The second-order valence-corrected chi connectivity index (χ2v) is 8.93. The molecule has 1 aliphatic carbocycles. The van der Waals surface area contributed by atoms with Gasteiger partial charge >= 0.3 is 0 Å². The molecule has 1 heterocycles. The van der Waals surface area contributed by atoms with E-state index < -0.39 is 6.10 Å². The van der Waals surface area contributed by atoms with Gasteiger partial charge in [0.15, 0.2) is 0 Å². The van der Waals surface area contributed by atoms with E-state index in [0.717, 1.165) is 24.5 Å². The number of nitrogens with zero attached hydrogens (tertiary/aromatic N) is 4. The number of hydrogen-bond donors (Lipinski definition) is 1. The quantitative estimate of drug-likeness (QED) is 0.646. The Balaban J connectivity index is 1.45. The maximum atomic E-state index is 10.4. The highest BCUT2D eigenvalue weighted by Crippen LogP contribution is 2.22. The second-order valence-electron chi connectivity index (χ2n) is 8.93. The number of aliphatic hydroxyl groups excluding tert-OH is 1. The molecule has 0 amide bonds. The topological polar surface area (TPSA) is 53.8 Å². The van der Waals surface area contributed by atoms with Crippen molar-refractivity contribution in [3.05, 3.63) is 47.3 Å². The summed E-state index contributed by atoms with van der Waals surface area (Å²) in [6.07, 6.45) is 8.07. The summed E-state index contributed by atoms with van der Waals surface area (Å²) in [5.41, 5.74) is 3.52. The van der Waals surface area contributed by atoms with E-state index in [9.17, 15) is 5.11 Å². The predicted molar refractivity (Wildman–Crippen MR) is 121 cm³/mol. The average molecular weight is 415 g/mol. The smallest absolute Gasteiger partial charge is 0.119 e. The molecule has 1 aromatic carbocycles. The van der Waals surface area contributed by atoms with Gasteiger partial charge in [0.05, 0.1) is 5.69 Å². The molecule has 0 bridgehead atoms. The summed E-state index contributed by atoms with van der Waals surface area (Å²) < 4.78 is 7.78. The SMILES string of the molecule is Cc1nn(C)cc1CN(C)Cc1cccc(OC[C@@H](O)CN(C)C2CCCCC2)c1. The highest BCUT2D eigenvalue weighted by atomic mass is 16.5. The van der Waals surface area contributed by atoms with Crippen LogP contribution in [-0.4, -0.2) is 64.1 Å². The Labute approximate surface area is 181 Å². The van der Waals surface area contributed by atoms with Crippen LogP contribution in [0, 0.1) is 6.92 Å². The standard InChI is InChI=1S/C24H38N4O2/c1-19-21(16-28(4)25-19)15-26(2)14-20-9-8-12-24(13-20)30-18-23(29)17-27(3)22-10-6-5-7-11-22/h8-9,12-13,16,22-23,29H,5-7,10-11,14-15,17-18H2,1-4H3/t23-/m0/s1. The number of ether oxygens (including phenoxy) is 1. The van der Waals surface area contributed by atoms with Crippen LogP contribution in [0.4, 0.5) is 0 Å². The van der Waals surface area contributed by atoms with Crippen molar-refractivity contribution < 1.29 is 9.84 Å². The monoisotopic (exact) mass is 414 g/mol. The fraction of sp³-hybridized carbons (Fsp3) is 0.625. The fourth-order valence-corrected chi connectivity index (χ4v) is 4.44. The molecular formula is C24H38N4O2. The Hall–Kier alpha value is -1.89. The van der Waals surface area contributed by atoms with Crippen molar-refractivity contribution in [2.75, 3.05) is 27.2 Å². The molecule has 6 nitrogen and oxygen atoms in total. The zero-order valence-corrected chi connectivity index (χ0v) is 19.0. The van der Waals surface area contributed by atoms with Gasteiger partial charge in [-0.05, 0) is 51.6 Å².